The fraction of sp³-hybridized carbons (Fsp3) is 0.321. The monoisotopic (exact) mass is 410 g/mol. The molecule has 2 heterocycles. The van der Waals surface area contributed by atoms with Crippen LogP contribution in [0.4, 0.5) is 0 Å². The van der Waals surface area contributed by atoms with Gasteiger partial charge in [-0.15, -0.1) is 0 Å². The maximum absolute atomic E-state index is 6.35. The fourth-order valence-corrected chi connectivity index (χ4v) is 4.78. The number of piperidine rings is 1. The summed E-state index contributed by atoms with van der Waals surface area (Å²) in [5.41, 5.74) is 2.89. The number of ether oxygens (including phenoxy) is 1. The van der Waals surface area contributed by atoms with Crippen molar-refractivity contribution in [1.29, 1.82) is 0 Å². The lowest BCUT2D eigenvalue weighted by Crippen LogP contribution is -2.40. The summed E-state index contributed by atoms with van der Waals surface area (Å²) in [5.74, 6) is 1.42. The van der Waals surface area contributed by atoms with Gasteiger partial charge in [-0.3, -0.25) is 4.98 Å². The second kappa shape index (κ2) is 9.49. The minimum Gasteiger partial charge on any atom is -0.490 e. The zero-order valence-corrected chi connectivity index (χ0v) is 18.0. The number of pyridine rings is 1. The van der Waals surface area contributed by atoms with Gasteiger partial charge in [0.15, 0.2) is 0 Å². The molecule has 158 valence electrons. The SMILES string of the molecule is C1=CC(C(CN2CCC(Oc3ccc4cnccc4c3)CC2)c2ccccc2)=CCC1. The highest BCUT2D eigenvalue weighted by Crippen LogP contribution is 2.31. The third-order valence-electron chi connectivity index (χ3n) is 6.52. The highest BCUT2D eigenvalue weighted by molar-refractivity contribution is 5.82. The van der Waals surface area contributed by atoms with Crippen LogP contribution in [-0.4, -0.2) is 35.6 Å². The Morgan fingerprint density at radius 2 is 1.84 bits per heavy atom. The second-order valence-corrected chi connectivity index (χ2v) is 8.65. The molecule has 3 nitrogen and oxygen atoms in total. The quantitative estimate of drug-likeness (QED) is 0.488. The third kappa shape index (κ3) is 4.88. The van der Waals surface area contributed by atoms with Crippen LogP contribution in [0.15, 0.2) is 90.8 Å². The van der Waals surface area contributed by atoms with E-state index in [0.29, 0.717) is 12.0 Å². The minimum atomic E-state index is 0.291. The number of allylic oxidation sites excluding steroid dienone is 3. The lowest BCUT2D eigenvalue weighted by atomic mass is 9.87. The van der Waals surface area contributed by atoms with E-state index in [2.05, 4.69) is 76.6 Å². The van der Waals surface area contributed by atoms with Crippen LogP contribution < -0.4 is 4.74 Å². The van der Waals surface area contributed by atoms with Gasteiger partial charge in [0, 0.05) is 43.3 Å². The van der Waals surface area contributed by atoms with Gasteiger partial charge in [-0.25, -0.2) is 0 Å². The Balaban J connectivity index is 1.21. The number of aromatic nitrogens is 1. The van der Waals surface area contributed by atoms with Gasteiger partial charge < -0.3 is 9.64 Å². The average Bonchev–Trinajstić information content (AvgIpc) is 2.84. The van der Waals surface area contributed by atoms with Crippen LogP contribution >= 0.6 is 0 Å². The summed E-state index contributed by atoms with van der Waals surface area (Å²) in [7, 11) is 0. The van der Waals surface area contributed by atoms with Crippen molar-refractivity contribution in [3.05, 3.63) is 96.4 Å². The van der Waals surface area contributed by atoms with Crippen LogP contribution in [-0.2, 0) is 0 Å². The molecule has 0 amide bonds. The molecule has 31 heavy (non-hydrogen) atoms. The summed E-state index contributed by atoms with van der Waals surface area (Å²) in [6.07, 6.45) is 15.6. The van der Waals surface area contributed by atoms with Gasteiger partial charge in [-0.1, -0.05) is 48.6 Å². The van der Waals surface area contributed by atoms with Crippen molar-refractivity contribution in [2.45, 2.75) is 37.7 Å². The number of hydrogen-bond acceptors (Lipinski definition) is 3. The largest absolute Gasteiger partial charge is 0.490 e. The fourth-order valence-electron chi connectivity index (χ4n) is 4.78. The van der Waals surface area contributed by atoms with Crippen LogP contribution in [0.5, 0.6) is 5.75 Å². The summed E-state index contributed by atoms with van der Waals surface area (Å²) in [4.78, 5) is 6.81. The number of fused-ring (bicyclic) bond motifs is 1. The zero-order chi connectivity index (χ0) is 20.9. The van der Waals surface area contributed by atoms with E-state index in [9.17, 15) is 0 Å². The predicted octanol–water partition coefficient (Wildman–Crippen LogP) is 6.14. The van der Waals surface area contributed by atoms with E-state index in [1.165, 1.54) is 22.9 Å². The topological polar surface area (TPSA) is 25.4 Å². The van der Waals surface area contributed by atoms with Gasteiger partial charge in [-0.2, -0.15) is 0 Å². The molecule has 3 heteroatoms. The first-order valence-electron chi connectivity index (χ1n) is 11.5. The van der Waals surface area contributed by atoms with Crippen molar-refractivity contribution >= 4 is 10.8 Å². The molecule has 0 N–H and O–H groups in total. The summed E-state index contributed by atoms with van der Waals surface area (Å²) in [6.45, 7) is 3.25. The molecule has 1 aliphatic heterocycles. The average molecular weight is 411 g/mol. The normalized spacial score (nSPS) is 18.6. The minimum absolute atomic E-state index is 0.291. The second-order valence-electron chi connectivity index (χ2n) is 8.65. The van der Waals surface area contributed by atoms with Gasteiger partial charge in [0.1, 0.15) is 11.9 Å². The van der Waals surface area contributed by atoms with Gasteiger partial charge in [0.25, 0.3) is 0 Å². The molecule has 0 radical (unpaired) electrons. The summed E-state index contributed by atoms with van der Waals surface area (Å²) in [5, 5.41) is 2.34. The third-order valence-corrected chi connectivity index (χ3v) is 6.52. The molecular weight excluding hydrogens is 380 g/mol. The lowest BCUT2D eigenvalue weighted by Gasteiger charge is -2.35. The molecule has 5 rings (SSSR count). The number of likely N-dealkylation sites (tertiary alicyclic amines) is 1. The number of rotatable bonds is 6. The molecule has 1 aliphatic carbocycles. The Hall–Kier alpha value is -2.91. The summed E-state index contributed by atoms with van der Waals surface area (Å²) >= 11 is 0. The maximum Gasteiger partial charge on any atom is 0.120 e. The first kappa shape index (κ1) is 20.0. The standard InChI is InChI=1S/C28H30N2O/c1-3-7-22(8-4-1)28(23-9-5-2-6-10-23)21-30-17-14-26(15-18-30)31-27-12-11-25-20-29-16-13-24(25)19-27/h1,3-5,7-13,16,19-20,26,28H,2,6,14-15,17-18,21H2. The summed E-state index contributed by atoms with van der Waals surface area (Å²) < 4.78 is 6.35. The van der Waals surface area contributed by atoms with Crippen LogP contribution in [0.2, 0.25) is 0 Å². The van der Waals surface area contributed by atoms with Crippen LogP contribution in [0, 0.1) is 0 Å². The van der Waals surface area contributed by atoms with Gasteiger partial charge >= 0.3 is 0 Å². The van der Waals surface area contributed by atoms with E-state index in [1.807, 2.05) is 18.5 Å². The highest BCUT2D eigenvalue weighted by Gasteiger charge is 2.25. The van der Waals surface area contributed by atoms with Crippen LogP contribution in [0.25, 0.3) is 10.8 Å². The summed E-state index contributed by atoms with van der Waals surface area (Å²) in [6, 6.07) is 19.3. The van der Waals surface area contributed by atoms with E-state index in [0.717, 1.165) is 50.0 Å². The number of nitrogens with zero attached hydrogens (tertiary/aromatic N) is 2. The highest BCUT2D eigenvalue weighted by atomic mass is 16.5. The number of benzene rings is 2. The molecule has 1 atom stereocenters. The smallest absolute Gasteiger partial charge is 0.120 e. The Labute approximate surface area is 185 Å². The van der Waals surface area contributed by atoms with E-state index >= 15 is 0 Å². The molecule has 1 saturated heterocycles. The molecule has 2 aromatic carbocycles. The molecule has 1 fully saturated rings. The molecule has 0 bridgehead atoms. The van der Waals surface area contributed by atoms with Crippen molar-refractivity contribution in [1.82, 2.24) is 9.88 Å². The molecule has 0 spiro atoms. The number of hydrogen-bond donors (Lipinski definition) is 0. The van der Waals surface area contributed by atoms with Crippen molar-refractivity contribution < 1.29 is 4.74 Å². The van der Waals surface area contributed by atoms with Crippen molar-refractivity contribution in [3.8, 4) is 5.75 Å². The molecule has 1 unspecified atom stereocenters. The first-order valence-corrected chi connectivity index (χ1v) is 11.5. The van der Waals surface area contributed by atoms with Gasteiger partial charge in [0.2, 0.25) is 0 Å². The Bertz CT molecular complexity index is 1060. The van der Waals surface area contributed by atoms with Crippen molar-refractivity contribution in [2.75, 3.05) is 19.6 Å². The van der Waals surface area contributed by atoms with Crippen molar-refractivity contribution in [2.24, 2.45) is 0 Å². The Morgan fingerprint density at radius 3 is 2.65 bits per heavy atom. The van der Waals surface area contributed by atoms with Gasteiger partial charge in [0.05, 0.1) is 0 Å². The Morgan fingerprint density at radius 1 is 0.968 bits per heavy atom. The van der Waals surface area contributed by atoms with Crippen molar-refractivity contribution in [3.63, 3.8) is 0 Å². The van der Waals surface area contributed by atoms with E-state index in [-0.39, 0.29) is 0 Å². The van der Waals surface area contributed by atoms with E-state index in [4.69, 9.17) is 4.74 Å². The zero-order valence-electron chi connectivity index (χ0n) is 18.0. The predicted molar refractivity (Wildman–Crippen MR) is 127 cm³/mol. The molecule has 3 aromatic rings. The van der Waals surface area contributed by atoms with Crippen LogP contribution in [0.3, 0.4) is 0 Å². The lowest BCUT2D eigenvalue weighted by molar-refractivity contribution is 0.0989. The van der Waals surface area contributed by atoms with Gasteiger partial charge in [-0.05, 0) is 66.5 Å². The molecule has 1 aromatic heterocycles. The first-order chi connectivity index (χ1) is 15.3. The van der Waals surface area contributed by atoms with E-state index < -0.39 is 0 Å². The molecule has 2 aliphatic rings. The molecule has 0 saturated carbocycles. The van der Waals surface area contributed by atoms with Crippen LogP contribution in [0.1, 0.15) is 37.2 Å². The van der Waals surface area contributed by atoms with E-state index in [1.54, 1.807) is 0 Å². The molecular formula is C28H30N2O. The Kier molecular flexibility index (Phi) is 6.13. The maximum atomic E-state index is 6.35.